The van der Waals surface area contributed by atoms with Crippen LogP contribution in [0.4, 0.5) is 0 Å². The zero-order valence-electron chi connectivity index (χ0n) is 10.2. The van der Waals surface area contributed by atoms with E-state index in [1.54, 1.807) is 20.8 Å². The lowest BCUT2D eigenvalue weighted by Crippen LogP contribution is -2.49. The Hall–Kier alpha value is -1.10. The molecule has 0 aromatic rings. The van der Waals surface area contributed by atoms with Crippen LogP contribution in [-0.4, -0.2) is 24.9 Å². The quantitative estimate of drug-likeness (QED) is 0.560. The Bertz CT molecular complexity index is 265. The number of carbonyl (C=O) groups excluding carboxylic acids is 2. The summed E-state index contributed by atoms with van der Waals surface area (Å²) >= 11 is 0. The first kappa shape index (κ1) is 13.0. The Morgan fingerprint density at radius 3 is 2.19 bits per heavy atom. The Morgan fingerprint density at radius 1 is 1.12 bits per heavy atom. The molecule has 0 spiro atoms. The minimum atomic E-state index is -0.485. The summed E-state index contributed by atoms with van der Waals surface area (Å²) in [5.74, 6) is -0.240. The van der Waals surface area contributed by atoms with Gasteiger partial charge in [-0.3, -0.25) is 20.4 Å². The molecule has 0 unspecified atom stereocenters. The van der Waals surface area contributed by atoms with Crippen molar-refractivity contribution in [2.75, 3.05) is 13.1 Å². The highest BCUT2D eigenvalue weighted by atomic mass is 16.2. The summed E-state index contributed by atoms with van der Waals surface area (Å²) in [6.45, 7) is 7.15. The molecular formula is C11H21N3O2. The van der Waals surface area contributed by atoms with Gasteiger partial charge in [-0.05, 0) is 25.9 Å². The van der Waals surface area contributed by atoms with E-state index in [-0.39, 0.29) is 17.7 Å². The van der Waals surface area contributed by atoms with E-state index in [1.165, 1.54) is 0 Å². The van der Waals surface area contributed by atoms with Crippen molar-refractivity contribution in [2.45, 2.75) is 33.6 Å². The fourth-order valence-corrected chi connectivity index (χ4v) is 1.49. The topological polar surface area (TPSA) is 70.2 Å². The van der Waals surface area contributed by atoms with E-state index in [1.807, 2.05) is 0 Å². The van der Waals surface area contributed by atoms with Crippen molar-refractivity contribution in [1.82, 2.24) is 16.2 Å². The molecule has 0 aliphatic carbocycles. The predicted octanol–water partition coefficient (Wildman–Crippen LogP) is 0.180. The van der Waals surface area contributed by atoms with Crippen molar-refractivity contribution in [2.24, 2.45) is 11.3 Å². The summed E-state index contributed by atoms with van der Waals surface area (Å²) in [4.78, 5) is 23.2. The number of rotatable bonds is 1. The highest BCUT2D eigenvalue weighted by Crippen LogP contribution is 2.13. The van der Waals surface area contributed by atoms with Gasteiger partial charge in [0.25, 0.3) is 0 Å². The third-order valence-electron chi connectivity index (χ3n) is 2.69. The third kappa shape index (κ3) is 3.81. The highest BCUT2D eigenvalue weighted by molar-refractivity contribution is 5.85. The molecule has 1 aliphatic heterocycles. The van der Waals surface area contributed by atoms with Gasteiger partial charge in [-0.1, -0.05) is 20.8 Å². The number of hydrazine groups is 1. The van der Waals surface area contributed by atoms with Crippen LogP contribution in [0.15, 0.2) is 0 Å². The fraction of sp³-hybridized carbons (Fsp3) is 0.818. The molecule has 1 fully saturated rings. The summed E-state index contributed by atoms with van der Waals surface area (Å²) < 4.78 is 0. The van der Waals surface area contributed by atoms with Crippen LogP contribution in [0.3, 0.4) is 0 Å². The number of amides is 2. The third-order valence-corrected chi connectivity index (χ3v) is 2.69. The Morgan fingerprint density at radius 2 is 1.69 bits per heavy atom. The lowest BCUT2D eigenvalue weighted by atomic mass is 9.96. The van der Waals surface area contributed by atoms with Crippen LogP contribution >= 0.6 is 0 Å². The van der Waals surface area contributed by atoms with E-state index < -0.39 is 5.41 Å². The van der Waals surface area contributed by atoms with Crippen molar-refractivity contribution in [3.63, 3.8) is 0 Å². The largest absolute Gasteiger partial charge is 0.317 e. The summed E-state index contributed by atoms with van der Waals surface area (Å²) in [6.07, 6.45) is 1.66. The molecule has 0 bridgehead atoms. The first-order valence-electron chi connectivity index (χ1n) is 5.72. The average Bonchev–Trinajstić information content (AvgIpc) is 2.25. The molecule has 1 aliphatic rings. The van der Waals surface area contributed by atoms with Gasteiger partial charge in [-0.15, -0.1) is 0 Å². The zero-order valence-corrected chi connectivity index (χ0v) is 10.2. The normalized spacial score (nSPS) is 17.9. The lowest BCUT2D eigenvalue weighted by molar-refractivity contribution is -0.135. The van der Waals surface area contributed by atoms with Crippen LogP contribution in [0.2, 0.25) is 0 Å². The van der Waals surface area contributed by atoms with Gasteiger partial charge in [0, 0.05) is 11.3 Å². The van der Waals surface area contributed by atoms with Crippen molar-refractivity contribution in [3.05, 3.63) is 0 Å². The molecule has 3 N–H and O–H groups in total. The highest BCUT2D eigenvalue weighted by Gasteiger charge is 2.24. The van der Waals surface area contributed by atoms with Crippen LogP contribution in [0.1, 0.15) is 33.6 Å². The second-order valence-corrected chi connectivity index (χ2v) is 5.22. The summed E-state index contributed by atoms with van der Waals surface area (Å²) in [7, 11) is 0. The zero-order chi connectivity index (χ0) is 12.2. The second kappa shape index (κ2) is 5.30. The molecule has 0 radical (unpaired) electrons. The first-order chi connectivity index (χ1) is 7.41. The van der Waals surface area contributed by atoms with Crippen LogP contribution < -0.4 is 16.2 Å². The number of hydrogen-bond acceptors (Lipinski definition) is 3. The maximum Gasteiger partial charge on any atom is 0.243 e. The number of hydrogen-bond donors (Lipinski definition) is 3. The minimum absolute atomic E-state index is 0.0153. The Kier molecular flexibility index (Phi) is 4.29. The van der Waals surface area contributed by atoms with Crippen molar-refractivity contribution < 1.29 is 9.59 Å². The maximum atomic E-state index is 11.7. The average molecular weight is 227 g/mol. The molecule has 5 nitrogen and oxygen atoms in total. The fourth-order valence-electron chi connectivity index (χ4n) is 1.49. The van der Waals surface area contributed by atoms with Gasteiger partial charge in [0.15, 0.2) is 0 Å². The molecule has 2 amide bonds. The van der Waals surface area contributed by atoms with E-state index in [9.17, 15) is 9.59 Å². The van der Waals surface area contributed by atoms with E-state index >= 15 is 0 Å². The minimum Gasteiger partial charge on any atom is -0.317 e. The maximum absolute atomic E-state index is 11.7. The lowest BCUT2D eigenvalue weighted by Gasteiger charge is -2.23. The molecule has 1 rings (SSSR count). The number of carbonyl (C=O) groups is 2. The molecule has 0 aromatic carbocycles. The number of nitrogens with one attached hydrogen (secondary N) is 3. The van der Waals surface area contributed by atoms with Gasteiger partial charge in [0.1, 0.15) is 0 Å². The van der Waals surface area contributed by atoms with E-state index in [0.29, 0.717) is 0 Å². The monoisotopic (exact) mass is 227 g/mol. The summed E-state index contributed by atoms with van der Waals surface area (Å²) in [6, 6.07) is 0. The second-order valence-electron chi connectivity index (χ2n) is 5.22. The molecule has 5 heteroatoms. The Labute approximate surface area is 96.3 Å². The first-order valence-corrected chi connectivity index (χ1v) is 5.72. The van der Waals surface area contributed by atoms with Crippen molar-refractivity contribution in [1.29, 1.82) is 0 Å². The van der Waals surface area contributed by atoms with Gasteiger partial charge in [0.2, 0.25) is 11.8 Å². The van der Waals surface area contributed by atoms with Gasteiger partial charge in [-0.2, -0.15) is 0 Å². The van der Waals surface area contributed by atoms with Crippen LogP contribution in [0.5, 0.6) is 0 Å². The predicted molar refractivity (Wildman–Crippen MR) is 61.3 cm³/mol. The molecule has 0 saturated carbocycles. The molecule has 0 atom stereocenters. The number of piperidine rings is 1. The molecule has 0 aromatic heterocycles. The van der Waals surface area contributed by atoms with Gasteiger partial charge in [0.05, 0.1) is 0 Å². The molecule has 92 valence electrons. The van der Waals surface area contributed by atoms with E-state index in [4.69, 9.17) is 0 Å². The van der Waals surface area contributed by atoms with Gasteiger partial charge in [-0.25, -0.2) is 0 Å². The van der Waals surface area contributed by atoms with Gasteiger partial charge < -0.3 is 5.32 Å². The summed E-state index contributed by atoms with van der Waals surface area (Å²) in [5.41, 5.74) is 4.47. The molecule has 16 heavy (non-hydrogen) atoms. The van der Waals surface area contributed by atoms with Gasteiger partial charge >= 0.3 is 0 Å². The standard InChI is InChI=1S/C11H21N3O2/c1-11(2,3)10(16)14-13-9(15)8-4-6-12-7-5-8/h8,12H,4-7H2,1-3H3,(H,13,15)(H,14,16). The van der Waals surface area contributed by atoms with Crippen LogP contribution in [-0.2, 0) is 9.59 Å². The molecule has 1 saturated heterocycles. The smallest absolute Gasteiger partial charge is 0.243 e. The van der Waals surface area contributed by atoms with Crippen LogP contribution in [0, 0.1) is 11.3 Å². The Balaban J connectivity index is 2.32. The SMILES string of the molecule is CC(C)(C)C(=O)NNC(=O)C1CCNCC1. The summed E-state index contributed by atoms with van der Waals surface area (Å²) in [5, 5.41) is 3.19. The van der Waals surface area contributed by atoms with E-state index in [0.717, 1.165) is 25.9 Å². The molecule has 1 heterocycles. The van der Waals surface area contributed by atoms with Crippen LogP contribution in [0.25, 0.3) is 0 Å². The molecular weight excluding hydrogens is 206 g/mol. The van der Waals surface area contributed by atoms with Crippen molar-refractivity contribution >= 4 is 11.8 Å². The van der Waals surface area contributed by atoms with Crippen molar-refractivity contribution in [3.8, 4) is 0 Å². The van der Waals surface area contributed by atoms with E-state index in [2.05, 4.69) is 16.2 Å².